The van der Waals surface area contributed by atoms with Crippen LogP contribution < -0.4 is 4.74 Å². The summed E-state index contributed by atoms with van der Waals surface area (Å²) in [4.78, 5) is 23.5. The summed E-state index contributed by atoms with van der Waals surface area (Å²) in [5.41, 5.74) is 0.674. The molecule has 0 spiro atoms. The molecule has 0 aliphatic heterocycles. The molecule has 0 aromatic heterocycles. The number of carbonyl (C=O) groups is 2. The lowest BCUT2D eigenvalue weighted by Crippen LogP contribution is -2.07. The second kappa shape index (κ2) is 7.62. The fraction of sp³-hybridized carbons (Fsp3) is 0.111. The van der Waals surface area contributed by atoms with Gasteiger partial charge in [0.25, 0.3) is 0 Å². The first-order valence-electron chi connectivity index (χ1n) is 6.95. The maximum atomic E-state index is 11.8. The Balaban J connectivity index is 2.49. The highest BCUT2D eigenvalue weighted by atomic mass is 16.5. The largest absolute Gasteiger partial charge is 0.465 e. The summed E-state index contributed by atoms with van der Waals surface area (Å²) >= 11 is 0. The average molecular weight is 336 g/mol. The van der Waals surface area contributed by atoms with Gasteiger partial charge in [-0.15, -0.1) is 0 Å². The number of nitriles is 2. The van der Waals surface area contributed by atoms with Gasteiger partial charge in [0.05, 0.1) is 48.6 Å². The molecule has 2 rings (SSSR count). The van der Waals surface area contributed by atoms with Crippen molar-refractivity contribution in [1.29, 1.82) is 10.5 Å². The molecule has 0 atom stereocenters. The maximum absolute atomic E-state index is 11.8. The van der Waals surface area contributed by atoms with Gasteiger partial charge < -0.3 is 14.2 Å². The van der Waals surface area contributed by atoms with Gasteiger partial charge in [-0.3, -0.25) is 0 Å². The zero-order valence-electron chi connectivity index (χ0n) is 13.4. The van der Waals surface area contributed by atoms with E-state index in [4.69, 9.17) is 15.3 Å². The first kappa shape index (κ1) is 17.5. The van der Waals surface area contributed by atoms with Crippen LogP contribution in [0, 0.1) is 22.7 Å². The SMILES string of the molecule is COC(=O)c1cc(Oc2cc(C#N)cc(C#N)c2)cc(C(=O)OC)c1. The van der Waals surface area contributed by atoms with E-state index < -0.39 is 11.9 Å². The van der Waals surface area contributed by atoms with Crippen LogP contribution in [0.4, 0.5) is 0 Å². The summed E-state index contributed by atoms with van der Waals surface area (Å²) in [7, 11) is 2.42. The third-order valence-electron chi connectivity index (χ3n) is 3.15. The van der Waals surface area contributed by atoms with Crippen molar-refractivity contribution < 1.29 is 23.8 Å². The molecular formula is C18H12N2O5. The predicted octanol–water partition coefficient (Wildman–Crippen LogP) is 2.80. The van der Waals surface area contributed by atoms with Crippen LogP contribution in [0.2, 0.25) is 0 Å². The van der Waals surface area contributed by atoms with E-state index in [9.17, 15) is 9.59 Å². The quantitative estimate of drug-likeness (QED) is 0.789. The number of ether oxygens (including phenoxy) is 3. The fourth-order valence-electron chi connectivity index (χ4n) is 2.05. The molecule has 2 aromatic rings. The third kappa shape index (κ3) is 4.12. The van der Waals surface area contributed by atoms with Gasteiger partial charge >= 0.3 is 11.9 Å². The van der Waals surface area contributed by atoms with E-state index in [-0.39, 0.29) is 33.8 Å². The molecule has 0 heterocycles. The highest BCUT2D eigenvalue weighted by molar-refractivity contribution is 5.96. The van der Waals surface area contributed by atoms with Gasteiger partial charge in [-0.25, -0.2) is 9.59 Å². The van der Waals surface area contributed by atoms with Crippen molar-refractivity contribution in [3.05, 3.63) is 58.7 Å². The Bertz CT molecular complexity index is 856. The van der Waals surface area contributed by atoms with Gasteiger partial charge in [-0.1, -0.05) is 0 Å². The van der Waals surface area contributed by atoms with Crippen LogP contribution in [-0.4, -0.2) is 26.2 Å². The van der Waals surface area contributed by atoms with Crippen molar-refractivity contribution in [2.45, 2.75) is 0 Å². The summed E-state index contributed by atoms with van der Waals surface area (Å²) in [6, 6.07) is 12.2. The molecule has 124 valence electrons. The van der Waals surface area contributed by atoms with E-state index in [2.05, 4.69) is 9.47 Å². The number of methoxy groups -OCH3 is 2. The molecule has 0 unspecified atom stereocenters. The molecule has 0 radical (unpaired) electrons. The minimum atomic E-state index is -0.654. The van der Waals surface area contributed by atoms with E-state index in [1.54, 1.807) is 0 Å². The summed E-state index contributed by atoms with van der Waals surface area (Å²) in [6.07, 6.45) is 0. The highest BCUT2D eigenvalue weighted by Gasteiger charge is 2.15. The summed E-state index contributed by atoms with van der Waals surface area (Å²) < 4.78 is 14.9. The topological polar surface area (TPSA) is 109 Å². The van der Waals surface area contributed by atoms with E-state index in [1.165, 1.54) is 50.6 Å². The molecule has 0 saturated heterocycles. The Morgan fingerprint density at radius 1 is 0.760 bits per heavy atom. The number of hydrogen-bond acceptors (Lipinski definition) is 7. The van der Waals surface area contributed by atoms with E-state index in [0.29, 0.717) is 0 Å². The van der Waals surface area contributed by atoms with Gasteiger partial charge in [0.15, 0.2) is 0 Å². The van der Waals surface area contributed by atoms with Crippen LogP contribution in [0.25, 0.3) is 0 Å². The minimum Gasteiger partial charge on any atom is -0.465 e. The summed E-state index contributed by atoms with van der Waals surface area (Å²) in [5.74, 6) is -0.936. The van der Waals surface area contributed by atoms with Crippen LogP contribution in [0.5, 0.6) is 11.5 Å². The number of hydrogen-bond donors (Lipinski definition) is 0. The lowest BCUT2D eigenvalue weighted by molar-refractivity contribution is 0.0598. The van der Waals surface area contributed by atoms with Gasteiger partial charge in [0.1, 0.15) is 11.5 Å². The molecule has 7 nitrogen and oxygen atoms in total. The Labute approximate surface area is 143 Å². The van der Waals surface area contributed by atoms with Gasteiger partial charge in [0.2, 0.25) is 0 Å². The molecule has 0 aliphatic rings. The van der Waals surface area contributed by atoms with Crippen molar-refractivity contribution in [3.8, 4) is 23.6 Å². The van der Waals surface area contributed by atoms with Crippen LogP contribution in [0.3, 0.4) is 0 Å². The molecule has 0 fully saturated rings. The molecule has 0 amide bonds. The number of esters is 2. The Kier molecular flexibility index (Phi) is 5.34. The Morgan fingerprint density at radius 3 is 1.60 bits per heavy atom. The standard InChI is InChI=1S/C18H12N2O5/c1-23-17(21)13-6-14(18(22)24-2)8-16(7-13)25-15-4-11(9-19)3-12(5-15)10-20/h3-8H,1-2H3. The molecule has 0 N–H and O–H groups in total. The van der Waals surface area contributed by atoms with Crippen LogP contribution in [-0.2, 0) is 9.47 Å². The monoisotopic (exact) mass is 336 g/mol. The zero-order chi connectivity index (χ0) is 18.4. The Hall–Kier alpha value is -3.84. The number of benzene rings is 2. The van der Waals surface area contributed by atoms with Crippen molar-refractivity contribution in [1.82, 2.24) is 0 Å². The van der Waals surface area contributed by atoms with E-state index in [1.807, 2.05) is 12.1 Å². The van der Waals surface area contributed by atoms with Crippen LogP contribution >= 0.6 is 0 Å². The van der Waals surface area contributed by atoms with Crippen molar-refractivity contribution in [3.63, 3.8) is 0 Å². The van der Waals surface area contributed by atoms with Crippen LogP contribution in [0.1, 0.15) is 31.8 Å². The molecule has 2 aromatic carbocycles. The lowest BCUT2D eigenvalue weighted by atomic mass is 10.1. The predicted molar refractivity (Wildman–Crippen MR) is 85.1 cm³/mol. The number of nitrogens with zero attached hydrogens (tertiary/aromatic N) is 2. The van der Waals surface area contributed by atoms with Gasteiger partial charge in [-0.05, 0) is 36.4 Å². The average Bonchev–Trinajstić information content (AvgIpc) is 2.65. The Morgan fingerprint density at radius 2 is 1.20 bits per heavy atom. The van der Waals surface area contributed by atoms with Crippen LogP contribution in [0.15, 0.2) is 36.4 Å². The normalized spacial score (nSPS) is 9.44. The smallest absolute Gasteiger partial charge is 0.338 e. The van der Waals surface area contributed by atoms with Crippen molar-refractivity contribution in [2.24, 2.45) is 0 Å². The first-order valence-corrected chi connectivity index (χ1v) is 6.95. The third-order valence-corrected chi connectivity index (χ3v) is 3.15. The van der Waals surface area contributed by atoms with E-state index >= 15 is 0 Å². The highest BCUT2D eigenvalue weighted by Crippen LogP contribution is 2.26. The molecule has 0 saturated carbocycles. The lowest BCUT2D eigenvalue weighted by Gasteiger charge is -2.10. The molecule has 0 aliphatic carbocycles. The number of carbonyl (C=O) groups excluding carboxylic acids is 2. The summed E-state index contributed by atoms with van der Waals surface area (Å²) in [6.45, 7) is 0. The number of rotatable bonds is 4. The van der Waals surface area contributed by atoms with Crippen molar-refractivity contribution in [2.75, 3.05) is 14.2 Å². The first-order chi connectivity index (χ1) is 12.0. The van der Waals surface area contributed by atoms with Gasteiger partial charge in [-0.2, -0.15) is 10.5 Å². The van der Waals surface area contributed by atoms with Crippen molar-refractivity contribution >= 4 is 11.9 Å². The second-order valence-electron chi connectivity index (χ2n) is 4.80. The maximum Gasteiger partial charge on any atom is 0.338 e. The molecule has 25 heavy (non-hydrogen) atoms. The second-order valence-corrected chi connectivity index (χ2v) is 4.80. The minimum absolute atomic E-state index is 0.0948. The molecule has 0 bridgehead atoms. The zero-order valence-corrected chi connectivity index (χ0v) is 13.4. The van der Waals surface area contributed by atoms with Gasteiger partial charge in [0, 0.05) is 0 Å². The summed E-state index contributed by atoms with van der Waals surface area (Å²) in [5, 5.41) is 18.0. The van der Waals surface area contributed by atoms with E-state index in [0.717, 1.165) is 0 Å². The molecular weight excluding hydrogens is 324 g/mol. The fourth-order valence-corrected chi connectivity index (χ4v) is 2.05. The molecule has 7 heteroatoms.